The summed E-state index contributed by atoms with van der Waals surface area (Å²) in [4.78, 5) is 25.5. The molecule has 0 radical (unpaired) electrons. The van der Waals surface area contributed by atoms with Crippen molar-refractivity contribution in [2.24, 2.45) is 0 Å². The van der Waals surface area contributed by atoms with Gasteiger partial charge in [0.15, 0.2) is 0 Å². The van der Waals surface area contributed by atoms with Crippen LogP contribution in [0, 0.1) is 0 Å². The van der Waals surface area contributed by atoms with Gasteiger partial charge in [-0.3, -0.25) is 4.79 Å². The number of carbonyl (C=O) groups is 2. The summed E-state index contributed by atoms with van der Waals surface area (Å²) in [5.41, 5.74) is 1.90. The SMILES string of the molecule is O=C(Nc1ccccc1)Nc1ccc(C(=O)NCCCSc2ccccc2)cc1. The molecule has 6 heteroatoms. The van der Waals surface area contributed by atoms with Crippen LogP contribution in [0.5, 0.6) is 0 Å². The van der Waals surface area contributed by atoms with Crippen LogP contribution >= 0.6 is 11.8 Å². The van der Waals surface area contributed by atoms with Crippen LogP contribution in [-0.2, 0) is 0 Å². The molecular weight excluding hydrogens is 382 g/mol. The smallest absolute Gasteiger partial charge is 0.323 e. The summed E-state index contributed by atoms with van der Waals surface area (Å²) in [5, 5.41) is 8.42. The Kier molecular flexibility index (Phi) is 7.72. The second kappa shape index (κ2) is 10.9. The third-order valence-electron chi connectivity index (χ3n) is 4.06. The van der Waals surface area contributed by atoms with Crippen molar-refractivity contribution in [2.45, 2.75) is 11.3 Å². The highest BCUT2D eigenvalue weighted by atomic mass is 32.2. The summed E-state index contributed by atoms with van der Waals surface area (Å²) in [5.74, 6) is 0.832. The van der Waals surface area contributed by atoms with Crippen molar-refractivity contribution in [1.29, 1.82) is 0 Å². The van der Waals surface area contributed by atoms with E-state index in [1.807, 2.05) is 48.5 Å². The van der Waals surface area contributed by atoms with E-state index in [1.54, 1.807) is 36.0 Å². The first kappa shape index (κ1) is 20.5. The molecule has 0 fully saturated rings. The molecule has 0 spiro atoms. The number of nitrogens with one attached hydrogen (secondary N) is 3. The molecule has 3 aromatic carbocycles. The highest BCUT2D eigenvalue weighted by Crippen LogP contribution is 2.17. The van der Waals surface area contributed by atoms with Gasteiger partial charge >= 0.3 is 6.03 Å². The zero-order valence-electron chi connectivity index (χ0n) is 15.9. The van der Waals surface area contributed by atoms with Gasteiger partial charge in [-0.1, -0.05) is 36.4 Å². The Bertz CT molecular complexity index is 916. The third kappa shape index (κ3) is 7.01. The maximum absolute atomic E-state index is 12.2. The quantitative estimate of drug-likeness (QED) is 0.354. The fraction of sp³-hybridized carbons (Fsp3) is 0.130. The fourth-order valence-corrected chi connectivity index (χ4v) is 3.48. The molecule has 0 aromatic heterocycles. The van der Waals surface area contributed by atoms with E-state index in [4.69, 9.17) is 0 Å². The lowest BCUT2D eigenvalue weighted by Crippen LogP contribution is -2.25. The Morgan fingerprint density at radius 3 is 1.97 bits per heavy atom. The molecule has 0 saturated heterocycles. The van der Waals surface area contributed by atoms with Crippen molar-refractivity contribution >= 4 is 35.1 Å². The minimum atomic E-state index is -0.329. The monoisotopic (exact) mass is 405 g/mol. The van der Waals surface area contributed by atoms with E-state index in [2.05, 4.69) is 28.1 Å². The standard InChI is InChI=1S/C23H23N3O2S/c27-22(24-16-7-17-29-21-10-5-2-6-11-21)18-12-14-20(15-13-18)26-23(28)25-19-8-3-1-4-9-19/h1-6,8-15H,7,16-17H2,(H,24,27)(H2,25,26,28). The maximum atomic E-state index is 12.2. The number of hydrogen-bond acceptors (Lipinski definition) is 3. The molecule has 0 unspecified atom stereocenters. The van der Waals surface area contributed by atoms with Gasteiger partial charge in [-0.15, -0.1) is 11.8 Å². The molecule has 0 aliphatic carbocycles. The predicted octanol–water partition coefficient (Wildman–Crippen LogP) is 5.24. The first-order chi connectivity index (χ1) is 14.2. The number of carbonyl (C=O) groups excluding carboxylic acids is 2. The van der Waals surface area contributed by atoms with Gasteiger partial charge in [0.05, 0.1) is 0 Å². The van der Waals surface area contributed by atoms with E-state index in [9.17, 15) is 9.59 Å². The molecule has 0 saturated carbocycles. The first-order valence-electron chi connectivity index (χ1n) is 9.40. The molecule has 0 heterocycles. The van der Waals surface area contributed by atoms with Gasteiger partial charge < -0.3 is 16.0 Å². The molecule has 3 rings (SSSR count). The Morgan fingerprint density at radius 1 is 0.724 bits per heavy atom. The average Bonchev–Trinajstić information content (AvgIpc) is 2.75. The van der Waals surface area contributed by atoms with E-state index in [1.165, 1.54) is 4.90 Å². The molecule has 0 atom stereocenters. The number of rotatable bonds is 8. The lowest BCUT2D eigenvalue weighted by atomic mass is 10.2. The van der Waals surface area contributed by atoms with Gasteiger partial charge in [-0.2, -0.15) is 0 Å². The Balaban J connectivity index is 1.38. The van der Waals surface area contributed by atoms with E-state index >= 15 is 0 Å². The summed E-state index contributed by atoms with van der Waals surface area (Å²) in [6.45, 7) is 0.623. The Labute approximate surface area is 174 Å². The number of para-hydroxylation sites is 1. The van der Waals surface area contributed by atoms with Gasteiger partial charge in [0.2, 0.25) is 0 Å². The van der Waals surface area contributed by atoms with Gasteiger partial charge in [0, 0.05) is 28.4 Å². The van der Waals surface area contributed by atoms with Crippen LogP contribution in [0.3, 0.4) is 0 Å². The number of urea groups is 1. The number of benzene rings is 3. The van der Waals surface area contributed by atoms with Crippen LogP contribution in [0.25, 0.3) is 0 Å². The van der Waals surface area contributed by atoms with Crippen molar-refractivity contribution in [3.8, 4) is 0 Å². The van der Waals surface area contributed by atoms with E-state index in [-0.39, 0.29) is 11.9 Å². The molecule has 29 heavy (non-hydrogen) atoms. The lowest BCUT2D eigenvalue weighted by molar-refractivity contribution is 0.0954. The van der Waals surface area contributed by atoms with Crippen molar-refractivity contribution < 1.29 is 9.59 Å². The topological polar surface area (TPSA) is 70.2 Å². The Morgan fingerprint density at radius 2 is 1.31 bits per heavy atom. The highest BCUT2D eigenvalue weighted by molar-refractivity contribution is 7.99. The van der Waals surface area contributed by atoms with Crippen LogP contribution in [0.2, 0.25) is 0 Å². The second-order valence-electron chi connectivity index (χ2n) is 6.29. The molecule has 3 N–H and O–H groups in total. The summed E-state index contributed by atoms with van der Waals surface area (Å²) >= 11 is 1.78. The van der Waals surface area contributed by atoms with Crippen LogP contribution in [0.15, 0.2) is 89.8 Å². The summed E-state index contributed by atoms with van der Waals surface area (Å²) in [6.07, 6.45) is 0.893. The molecule has 0 aliphatic rings. The largest absolute Gasteiger partial charge is 0.352 e. The van der Waals surface area contributed by atoms with Gasteiger partial charge in [-0.05, 0) is 60.7 Å². The highest BCUT2D eigenvalue weighted by Gasteiger charge is 2.06. The van der Waals surface area contributed by atoms with Crippen molar-refractivity contribution in [1.82, 2.24) is 5.32 Å². The molecule has 3 amide bonds. The summed E-state index contributed by atoms with van der Waals surface area (Å²) in [7, 11) is 0. The van der Waals surface area contributed by atoms with Crippen LogP contribution in [-0.4, -0.2) is 24.2 Å². The molecule has 0 aliphatic heterocycles. The first-order valence-corrected chi connectivity index (χ1v) is 10.4. The number of amides is 3. The zero-order chi connectivity index (χ0) is 20.3. The van der Waals surface area contributed by atoms with E-state index in [0.717, 1.165) is 12.2 Å². The molecule has 0 bridgehead atoms. The summed E-state index contributed by atoms with van der Waals surface area (Å²) < 4.78 is 0. The lowest BCUT2D eigenvalue weighted by Gasteiger charge is -2.09. The van der Waals surface area contributed by atoms with Crippen LogP contribution in [0.4, 0.5) is 16.2 Å². The van der Waals surface area contributed by atoms with E-state index < -0.39 is 0 Å². The molecule has 3 aromatic rings. The maximum Gasteiger partial charge on any atom is 0.323 e. The van der Waals surface area contributed by atoms with Crippen molar-refractivity contribution in [2.75, 3.05) is 22.9 Å². The number of anilines is 2. The van der Waals surface area contributed by atoms with Gasteiger partial charge in [-0.25, -0.2) is 4.79 Å². The van der Waals surface area contributed by atoms with E-state index in [0.29, 0.717) is 23.5 Å². The van der Waals surface area contributed by atoms with Gasteiger partial charge in [0.25, 0.3) is 5.91 Å². The van der Waals surface area contributed by atoms with Crippen molar-refractivity contribution in [3.63, 3.8) is 0 Å². The van der Waals surface area contributed by atoms with Crippen LogP contribution < -0.4 is 16.0 Å². The zero-order valence-corrected chi connectivity index (χ0v) is 16.7. The number of thioether (sulfide) groups is 1. The van der Waals surface area contributed by atoms with Crippen LogP contribution in [0.1, 0.15) is 16.8 Å². The molecular formula is C23H23N3O2S. The third-order valence-corrected chi connectivity index (χ3v) is 5.15. The normalized spacial score (nSPS) is 10.2. The van der Waals surface area contributed by atoms with Gasteiger partial charge in [0.1, 0.15) is 0 Å². The minimum absolute atomic E-state index is 0.116. The Hall–Kier alpha value is -3.25. The minimum Gasteiger partial charge on any atom is -0.352 e. The van der Waals surface area contributed by atoms with Crippen molar-refractivity contribution in [3.05, 3.63) is 90.5 Å². The second-order valence-corrected chi connectivity index (χ2v) is 7.46. The molecule has 148 valence electrons. The molecule has 5 nitrogen and oxygen atoms in total. The summed E-state index contributed by atoms with van der Waals surface area (Å²) in [6, 6.07) is 25.9. The predicted molar refractivity (Wildman–Crippen MR) is 120 cm³/mol. The average molecular weight is 406 g/mol. The number of hydrogen-bond donors (Lipinski definition) is 3. The fourth-order valence-electron chi connectivity index (χ4n) is 2.60.